The molecule has 1 heterocycles. The van der Waals surface area contributed by atoms with Crippen LogP contribution in [0.2, 0.25) is 0 Å². The van der Waals surface area contributed by atoms with Crippen molar-refractivity contribution in [2.45, 2.75) is 18.7 Å². The van der Waals surface area contributed by atoms with E-state index in [0.29, 0.717) is 28.0 Å². The second kappa shape index (κ2) is 10.9. The summed E-state index contributed by atoms with van der Waals surface area (Å²) in [6.07, 6.45) is 0. The standard InChI is InChI=1S/C26H25N3O4S/c1-18-9-7-8-12-23(18)33-16-25-27-28-26(29(25)19-10-5-4-6-11-19)34-17-22(30)21-15-20(31-2)13-14-24(21)32-3/h4-15H,16-17H2,1-3H3. The summed E-state index contributed by atoms with van der Waals surface area (Å²) in [5.41, 5.74) is 2.40. The highest BCUT2D eigenvalue weighted by atomic mass is 32.2. The van der Waals surface area contributed by atoms with Crippen LogP contribution in [-0.4, -0.2) is 40.5 Å². The maximum Gasteiger partial charge on any atom is 0.196 e. The summed E-state index contributed by atoms with van der Waals surface area (Å²) in [6, 6.07) is 22.8. The van der Waals surface area contributed by atoms with Crippen LogP contribution >= 0.6 is 11.8 Å². The number of rotatable bonds is 10. The Morgan fingerprint density at radius 2 is 1.68 bits per heavy atom. The summed E-state index contributed by atoms with van der Waals surface area (Å²) >= 11 is 1.31. The molecule has 0 radical (unpaired) electrons. The molecule has 0 aliphatic rings. The lowest BCUT2D eigenvalue weighted by molar-refractivity contribution is 0.101. The Balaban J connectivity index is 1.57. The first-order valence-corrected chi connectivity index (χ1v) is 11.7. The second-order valence-electron chi connectivity index (χ2n) is 7.40. The van der Waals surface area contributed by atoms with E-state index < -0.39 is 0 Å². The number of aromatic nitrogens is 3. The van der Waals surface area contributed by atoms with E-state index in [0.717, 1.165) is 17.0 Å². The topological polar surface area (TPSA) is 75.5 Å². The number of Topliss-reactive ketones (excluding diaryl/α,β-unsaturated/α-hetero) is 1. The number of hydrogen-bond acceptors (Lipinski definition) is 7. The smallest absolute Gasteiger partial charge is 0.196 e. The number of thioether (sulfide) groups is 1. The number of benzene rings is 3. The van der Waals surface area contributed by atoms with Crippen LogP contribution in [0.3, 0.4) is 0 Å². The molecule has 0 unspecified atom stereocenters. The Morgan fingerprint density at radius 3 is 2.41 bits per heavy atom. The zero-order chi connectivity index (χ0) is 23.9. The van der Waals surface area contributed by atoms with E-state index in [4.69, 9.17) is 14.2 Å². The Labute approximate surface area is 202 Å². The van der Waals surface area contributed by atoms with E-state index in [1.54, 1.807) is 32.4 Å². The summed E-state index contributed by atoms with van der Waals surface area (Å²) in [5, 5.41) is 9.32. The molecule has 0 fully saturated rings. The number of ether oxygens (including phenoxy) is 3. The summed E-state index contributed by atoms with van der Waals surface area (Å²) in [7, 11) is 3.10. The zero-order valence-electron chi connectivity index (χ0n) is 19.2. The Kier molecular flexibility index (Phi) is 7.49. The van der Waals surface area contributed by atoms with Crippen LogP contribution in [0.5, 0.6) is 17.2 Å². The van der Waals surface area contributed by atoms with Gasteiger partial charge in [-0.15, -0.1) is 10.2 Å². The first kappa shape index (κ1) is 23.4. The second-order valence-corrected chi connectivity index (χ2v) is 8.34. The fourth-order valence-corrected chi connectivity index (χ4v) is 4.28. The maximum absolute atomic E-state index is 13.0. The van der Waals surface area contributed by atoms with Crippen molar-refractivity contribution in [3.8, 4) is 22.9 Å². The summed E-state index contributed by atoms with van der Waals surface area (Å²) in [4.78, 5) is 13.0. The number of methoxy groups -OCH3 is 2. The van der Waals surface area contributed by atoms with Gasteiger partial charge in [0.1, 0.15) is 23.9 Å². The molecule has 0 saturated heterocycles. The van der Waals surface area contributed by atoms with E-state index in [-0.39, 0.29) is 18.1 Å². The van der Waals surface area contributed by atoms with Crippen molar-refractivity contribution in [1.82, 2.24) is 14.8 Å². The van der Waals surface area contributed by atoms with Gasteiger partial charge in [0.2, 0.25) is 0 Å². The first-order valence-electron chi connectivity index (χ1n) is 10.7. The van der Waals surface area contributed by atoms with Gasteiger partial charge < -0.3 is 14.2 Å². The maximum atomic E-state index is 13.0. The minimum absolute atomic E-state index is 0.0962. The summed E-state index contributed by atoms with van der Waals surface area (Å²) < 4.78 is 18.6. The van der Waals surface area contributed by atoms with Gasteiger partial charge in [0, 0.05) is 5.69 Å². The molecule has 0 spiro atoms. The van der Waals surface area contributed by atoms with Gasteiger partial charge >= 0.3 is 0 Å². The molecule has 3 aromatic carbocycles. The number of aryl methyl sites for hydroxylation is 1. The van der Waals surface area contributed by atoms with Crippen molar-refractivity contribution >= 4 is 17.5 Å². The largest absolute Gasteiger partial charge is 0.497 e. The Morgan fingerprint density at radius 1 is 0.912 bits per heavy atom. The number of ketones is 1. The van der Waals surface area contributed by atoms with Gasteiger partial charge in [-0.2, -0.15) is 0 Å². The van der Waals surface area contributed by atoms with Crippen molar-refractivity contribution in [1.29, 1.82) is 0 Å². The van der Waals surface area contributed by atoms with Crippen molar-refractivity contribution in [2.75, 3.05) is 20.0 Å². The quantitative estimate of drug-likeness (QED) is 0.232. The molecule has 0 bridgehead atoms. The Bertz CT molecular complexity index is 1270. The normalized spacial score (nSPS) is 10.7. The molecule has 0 atom stereocenters. The van der Waals surface area contributed by atoms with Gasteiger partial charge in [0.25, 0.3) is 0 Å². The van der Waals surface area contributed by atoms with Gasteiger partial charge in [0.15, 0.2) is 16.8 Å². The zero-order valence-corrected chi connectivity index (χ0v) is 20.0. The van der Waals surface area contributed by atoms with Crippen LogP contribution in [0.4, 0.5) is 0 Å². The third kappa shape index (κ3) is 5.23. The van der Waals surface area contributed by atoms with Crippen LogP contribution in [0.15, 0.2) is 78.0 Å². The molecular formula is C26H25N3O4S. The fraction of sp³-hybridized carbons (Fsp3) is 0.192. The summed E-state index contributed by atoms with van der Waals surface area (Å²) in [5.74, 6) is 2.59. The SMILES string of the molecule is COc1ccc(OC)c(C(=O)CSc2nnc(COc3ccccc3C)n2-c2ccccc2)c1. The van der Waals surface area contributed by atoms with Crippen LogP contribution < -0.4 is 14.2 Å². The molecule has 4 rings (SSSR count). The molecule has 0 aliphatic carbocycles. The van der Waals surface area contributed by atoms with Crippen LogP contribution in [0.1, 0.15) is 21.7 Å². The molecule has 34 heavy (non-hydrogen) atoms. The molecule has 4 aromatic rings. The molecule has 0 aliphatic heterocycles. The van der Waals surface area contributed by atoms with E-state index >= 15 is 0 Å². The lowest BCUT2D eigenvalue weighted by atomic mass is 10.1. The predicted octanol–water partition coefficient (Wildman–Crippen LogP) is 5.15. The monoisotopic (exact) mass is 475 g/mol. The highest BCUT2D eigenvalue weighted by Gasteiger charge is 2.19. The fourth-order valence-electron chi connectivity index (χ4n) is 3.42. The predicted molar refractivity (Wildman–Crippen MR) is 131 cm³/mol. The number of nitrogens with zero attached hydrogens (tertiary/aromatic N) is 3. The van der Waals surface area contributed by atoms with Crippen LogP contribution in [0, 0.1) is 6.92 Å². The van der Waals surface area contributed by atoms with Gasteiger partial charge in [-0.3, -0.25) is 9.36 Å². The highest BCUT2D eigenvalue weighted by Crippen LogP contribution is 2.28. The minimum atomic E-state index is -0.0962. The highest BCUT2D eigenvalue weighted by molar-refractivity contribution is 7.99. The van der Waals surface area contributed by atoms with E-state index in [9.17, 15) is 4.79 Å². The van der Waals surface area contributed by atoms with Gasteiger partial charge in [-0.1, -0.05) is 48.2 Å². The van der Waals surface area contributed by atoms with E-state index in [1.165, 1.54) is 11.8 Å². The van der Waals surface area contributed by atoms with Gasteiger partial charge in [-0.25, -0.2) is 0 Å². The van der Waals surface area contributed by atoms with Gasteiger partial charge in [0.05, 0.1) is 25.5 Å². The molecule has 1 aromatic heterocycles. The molecule has 0 amide bonds. The van der Waals surface area contributed by atoms with Crippen molar-refractivity contribution < 1.29 is 19.0 Å². The third-order valence-corrected chi connectivity index (χ3v) is 6.13. The number of carbonyl (C=O) groups excluding carboxylic acids is 1. The van der Waals surface area contributed by atoms with Crippen LogP contribution in [0.25, 0.3) is 5.69 Å². The lowest BCUT2D eigenvalue weighted by Crippen LogP contribution is -2.09. The molecule has 174 valence electrons. The van der Waals surface area contributed by atoms with Gasteiger partial charge in [-0.05, 0) is 48.9 Å². The van der Waals surface area contributed by atoms with Crippen molar-refractivity contribution in [2.24, 2.45) is 0 Å². The van der Waals surface area contributed by atoms with E-state index in [2.05, 4.69) is 10.2 Å². The molecular weight excluding hydrogens is 450 g/mol. The van der Waals surface area contributed by atoms with Crippen LogP contribution in [-0.2, 0) is 6.61 Å². The number of para-hydroxylation sites is 2. The molecule has 0 N–H and O–H groups in total. The molecule has 7 nitrogen and oxygen atoms in total. The summed E-state index contributed by atoms with van der Waals surface area (Å²) in [6.45, 7) is 2.24. The van der Waals surface area contributed by atoms with E-state index in [1.807, 2.05) is 66.1 Å². The molecule has 8 heteroatoms. The number of carbonyl (C=O) groups is 1. The average Bonchev–Trinajstić information content (AvgIpc) is 3.29. The first-order chi connectivity index (χ1) is 16.6. The number of hydrogen-bond donors (Lipinski definition) is 0. The third-order valence-electron chi connectivity index (χ3n) is 5.20. The van der Waals surface area contributed by atoms with Crippen molar-refractivity contribution in [3.05, 3.63) is 89.7 Å². The Hall–Kier alpha value is -3.78. The lowest BCUT2D eigenvalue weighted by Gasteiger charge is -2.12. The van der Waals surface area contributed by atoms with Crippen molar-refractivity contribution in [3.63, 3.8) is 0 Å². The molecule has 0 saturated carbocycles. The minimum Gasteiger partial charge on any atom is -0.497 e. The average molecular weight is 476 g/mol.